The van der Waals surface area contributed by atoms with Gasteiger partial charge in [-0.15, -0.1) is 0 Å². The van der Waals surface area contributed by atoms with Gasteiger partial charge in [0.15, 0.2) is 0 Å². The molecule has 0 unspecified atom stereocenters. The second kappa shape index (κ2) is 8.50. The first-order chi connectivity index (χ1) is 12.4. The summed E-state index contributed by atoms with van der Waals surface area (Å²) in [6, 6.07) is 8.48. The maximum absolute atomic E-state index is 11.9. The average molecular weight is 380 g/mol. The van der Waals surface area contributed by atoms with Crippen molar-refractivity contribution in [3.05, 3.63) is 24.3 Å². The highest BCUT2D eigenvalue weighted by Crippen LogP contribution is 2.28. The van der Waals surface area contributed by atoms with Gasteiger partial charge in [-0.25, -0.2) is 9.10 Å². The van der Waals surface area contributed by atoms with Crippen LogP contribution in [0, 0.1) is 0 Å². The first kappa shape index (κ1) is 19.3. The van der Waals surface area contributed by atoms with Crippen molar-refractivity contribution in [2.45, 2.75) is 56.3 Å². The molecule has 26 heavy (non-hydrogen) atoms. The Labute approximate surface area is 160 Å². The van der Waals surface area contributed by atoms with Gasteiger partial charge < -0.3 is 20.1 Å². The molecule has 0 spiro atoms. The van der Waals surface area contributed by atoms with Gasteiger partial charge in [-0.1, -0.05) is 0 Å². The monoisotopic (exact) mass is 379 g/mol. The van der Waals surface area contributed by atoms with Crippen molar-refractivity contribution in [1.29, 1.82) is 0 Å². The van der Waals surface area contributed by atoms with E-state index in [0.29, 0.717) is 6.10 Å². The predicted molar refractivity (Wildman–Crippen MR) is 104 cm³/mol. The number of alkyl carbamates (subject to hydrolysis) is 1. The number of nitrogens with one attached hydrogen (secondary N) is 2. The Morgan fingerprint density at radius 3 is 2.38 bits per heavy atom. The molecule has 1 amide bonds. The van der Waals surface area contributed by atoms with E-state index in [4.69, 9.17) is 9.47 Å². The first-order valence-electron chi connectivity index (χ1n) is 9.27. The van der Waals surface area contributed by atoms with Gasteiger partial charge in [0.25, 0.3) is 0 Å². The van der Waals surface area contributed by atoms with Crippen LogP contribution < -0.4 is 15.4 Å². The molecule has 0 bridgehead atoms. The van der Waals surface area contributed by atoms with Crippen LogP contribution in [0.1, 0.15) is 33.6 Å². The highest BCUT2D eigenvalue weighted by molar-refractivity contribution is 7.97. The third kappa shape index (κ3) is 6.07. The maximum Gasteiger partial charge on any atom is 0.407 e. The SMILES string of the molecule is CC(C)(C)OC(=O)NC1CCN(Sc2ccc(OC3CNC3)cc2)CC1. The van der Waals surface area contributed by atoms with Crippen molar-refractivity contribution >= 4 is 18.0 Å². The lowest BCUT2D eigenvalue weighted by molar-refractivity contribution is 0.0490. The van der Waals surface area contributed by atoms with Crippen LogP contribution in [0.5, 0.6) is 5.75 Å². The van der Waals surface area contributed by atoms with E-state index in [1.54, 1.807) is 11.9 Å². The molecule has 0 aliphatic carbocycles. The Morgan fingerprint density at radius 2 is 1.85 bits per heavy atom. The largest absolute Gasteiger partial charge is 0.488 e. The number of piperidine rings is 1. The van der Waals surface area contributed by atoms with Gasteiger partial charge in [0.1, 0.15) is 17.5 Å². The summed E-state index contributed by atoms with van der Waals surface area (Å²) < 4.78 is 13.5. The van der Waals surface area contributed by atoms with Gasteiger partial charge in [-0.3, -0.25) is 0 Å². The molecule has 7 heteroatoms. The molecule has 2 saturated heterocycles. The summed E-state index contributed by atoms with van der Waals surface area (Å²) in [5.74, 6) is 0.932. The van der Waals surface area contributed by atoms with Gasteiger partial charge in [-0.05, 0) is 69.8 Å². The van der Waals surface area contributed by atoms with Crippen molar-refractivity contribution in [3.63, 3.8) is 0 Å². The predicted octanol–water partition coefficient (Wildman–Crippen LogP) is 3.03. The topological polar surface area (TPSA) is 62.8 Å². The van der Waals surface area contributed by atoms with Gasteiger partial charge in [0.05, 0.1) is 0 Å². The Bertz CT molecular complexity index is 591. The molecule has 0 saturated carbocycles. The minimum Gasteiger partial charge on any atom is -0.488 e. The highest BCUT2D eigenvalue weighted by atomic mass is 32.2. The number of carbonyl (C=O) groups is 1. The number of hydrogen-bond donors (Lipinski definition) is 2. The number of benzene rings is 1. The van der Waals surface area contributed by atoms with Crippen LogP contribution in [0.3, 0.4) is 0 Å². The quantitative estimate of drug-likeness (QED) is 0.767. The fourth-order valence-corrected chi connectivity index (χ4v) is 3.78. The third-order valence-corrected chi connectivity index (χ3v) is 5.39. The fraction of sp³-hybridized carbons (Fsp3) is 0.632. The molecular weight excluding hydrogens is 350 g/mol. The maximum atomic E-state index is 11.9. The number of ether oxygens (including phenoxy) is 2. The minimum absolute atomic E-state index is 0.188. The third-order valence-electron chi connectivity index (χ3n) is 4.28. The summed E-state index contributed by atoms with van der Waals surface area (Å²) in [4.78, 5) is 13.1. The molecule has 0 atom stereocenters. The van der Waals surface area contributed by atoms with Gasteiger partial charge in [-0.2, -0.15) is 0 Å². The molecule has 1 aromatic carbocycles. The van der Waals surface area contributed by atoms with E-state index < -0.39 is 5.60 Å². The molecule has 2 fully saturated rings. The van der Waals surface area contributed by atoms with Gasteiger partial charge in [0, 0.05) is 37.1 Å². The highest BCUT2D eigenvalue weighted by Gasteiger charge is 2.24. The molecular formula is C19H29N3O3S. The normalized spacial score (nSPS) is 19.7. The lowest BCUT2D eigenvalue weighted by Crippen LogP contribution is -2.50. The molecule has 3 rings (SSSR count). The lowest BCUT2D eigenvalue weighted by atomic mass is 10.1. The van der Waals surface area contributed by atoms with Crippen LogP contribution in [0.2, 0.25) is 0 Å². The molecule has 2 heterocycles. The summed E-state index contributed by atoms with van der Waals surface area (Å²) in [5, 5.41) is 6.18. The Kier molecular flexibility index (Phi) is 6.32. The van der Waals surface area contributed by atoms with Crippen molar-refractivity contribution < 1.29 is 14.3 Å². The molecule has 1 aromatic rings. The number of nitrogens with zero attached hydrogens (tertiary/aromatic N) is 1. The van der Waals surface area contributed by atoms with E-state index in [9.17, 15) is 4.79 Å². The van der Waals surface area contributed by atoms with Crippen LogP contribution in [0.4, 0.5) is 4.79 Å². The van der Waals surface area contributed by atoms with Crippen LogP contribution in [-0.4, -0.2) is 54.3 Å². The minimum atomic E-state index is -0.453. The van der Waals surface area contributed by atoms with E-state index in [0.717, 1.165) is 44.8 Å². The second-order valence-electron chi connectivity index (χ2n) is 7.81. The van der Waals surface area contributed by atoms with Crippen LogP contribution in [-0.2, 0) is 4.74 Å². The zero-order valence-corrected chi connectivity index (χ0v) is 16.6. The average Bonchev–Trinajstić information content (AvgIpc) is 2.52. The summed E-state index contributed by atoms with van der Waals surface area (Å²) in [6.07, 6.45) is 1.86. The molecule has 0 radical (unpaired) electrons. The van der Waals surface area contributed by atoms with Gasteiger partial charge >= 0.3 is 6.09 Å². The van der Waals surface area contributed by atoms with Crippen LogP contribution >= 0.6 is 11.9 Å². The number of rotatable bonds is 5. The molecule has 2 N–H and O–H groups in total. The van der Waals surface area contributed by atoms with E-state index in [-0.39, 0.29) is 12.1 Å². The molecule has 0 aromatic heterocycles. The first-order valence-corrected chi connectivity index (χ1v) is 10.0. The molecule has 6 nitrogen and oxygen atoms in total. The van der Waals surface area contributed by atoms with Crippen molar-refractivity contribution in [2.75, 3.05) is 26.2 Å². The summed E-state index contributed by atoms with van der Waals surface area (Å²) >= 11 is 1.76. The van der Waals surface area contributed by atoms with Crippen molar-refractivity contribution in [3.8, 4) is 5.75 Å². The second-order valence-corrected chi connectivity index (χ2v) is 8.98. The summed E-state index contributed by atoms with van der Waals surface area (Å²) in [7, 11) is 0. The van der Waals surface area contributed by atoms with E-state index in [1.807, 2.05) is 32.9 Å². The van der Waals surface area contributed by atoms with E-state index in [1.165, 1.54) is 4.90 Å². The summed E-state index contributed by atoms with van der Waals surface area (Å²) in [5.41, 5.74) is -0.453. The van der Waals surface area contributed by atoms with E-state index in [2.05, 4.69) is 27.1 Å². The van der Waals surface area contributed by atoms with Crippen LogP contribution in [0.15, 0.2) is 29.2 Å². The smallest absolute Gasteiger partial charge is 0.407 e. The standard InChI is InChI=1S/C19H29N3O3S/c1-19(2,3)25-18(23)21-14-8-10-22(11-9-14)26-17-6-4-15(5-7-17)24-16-12-20-13-16/h4-7,14,16,20H,8-13H2,1-3H3,(H,21,23). The molecule has 2 aliphatic heterocycles. The Balaban J connectivity index is 1.38. The molecule has 2 aliphatic rings. The lowest BCUT2D eigenvalue weighted by Gasteiger charge is -2.32. The number of carbonyl (C=O) groups excluding carboxylic acids is 1. The number of hydrogen-bond acceptors (Lipinski definition) is 6. The summed E-state index contributed by atoms with van der Waals surface area (Å²) in [6.45, 7) is 9.39. The van der Waals surface area contributed by atoms with Gasteiger partial charge in [0.2, 0.25) is 0 Å². The Hall–Kier alpha value is -1.44. The zero-order valence-electron chi connectivity index (χ0n) is 15.8. The zero-order chi connectivity index (χ0) is 18.6. The van der Waals surface area contributed by atoms with Crippen molar-refractivity contribution in [1.82, 2.24) is 14.9 Å². The fourth-order valence-electron chi connectivity index (χ4n) is 2.83. The van der Waals surface area contributed by atoms with E-state index >= 15 is 0 Å². The Morgan fingerprint density at radius 1 is 1.19 bits per heavy atom. The number of amides is 1. The van der Waals surface area contributed by atoms with Crippen molar-refractivity contribution in [2.24, 2.45) is 0 Å². The van der Waals surface area contributed by atoms with Crippen LogP contribution in [0.25, 0.3) is 0 Å². The molecule has 144 valence electrons.